The summed E-state index contributed by atoms with van der Waals surface area (Å²) in [4.78, 5) is 24.9. The zero-order valence-corrected chi connectivity index (χ0v) is 21.8. The van der Waals surface area contributed by atoms with Gasteiger partial charge in [0.05, 0.1) is 13.2 Å². The molecule has 2 N–H and O–H groups in total. The number of carbonyl (C=O) groups excluding carboxylic acids is 1. The molecular formula is C25H33F7N2O6. The van der Waals surface area contributed by atoms with Crippen LogP contribution in [0, 0.1) is 0 Å². The number of carboxylic acids is 1. The summed E-state index contributed by atoms with van der Waals surface area (Å²) in [5.41, 5.74) is 0.649. The monoisotopic (exact) mass is 590 g/mol. The van der Waals surface area contributed by atoms with Gasteiger partial charge in [0.25, 0.3) is 0 Å². The third kappa shape index (κ3) is 9.68. The Labute approximate surface area is 226 Å². The number of nitrogens with one attached hydrogen (secondary N) is 1. The van der Waals surface area contributed by atoms with Crippen LogP contribution in [0.1, 0.15) is 44.6 Å². The lowest BCUT2D eigenvalue weighted by molar-refractivity contribution is -0.423. The zero-order chi connectivity index (χ0) is 30.0. The Morgan fingerprint density at radius 2 is 1.60 bits per heavy atom. The molecule has 1 unspecified atom stereocenters. The molecule has 0 saturated heterocycles. The predicted molar refractivity (Wildman–Crippen MR) is 128 cm³/mol. The molecule has 0 spiro atoms. The van der Waals surface area contributed by atoms with Gasteiger partial charge in [-0.2, -0.15) is 30.7 Å². The largest absolute Gasteiger partial charge is 0.492 e. The molecule has 2 rings (SSSR count). The molecule has 15 heteroatoms. The average molecular weight is 591 g/mol. The van der Waals surface area contributed by atoms with E-state index in [4.69, 9.17) is 9.47 Å². The van der Waals surface area contributed by atoms with Crippen LogP contribution in [-0.2, 0) is 20.7 Å². The minimum atomic E-state index is -6.53. The van der Waals surface area contributed by atoms with Crippen LogP contribution in [0.25, 0.3) is 0 Å². The van der Waals surface area contributed by atoms with Gasteiger partial charge in [0.2, 0.25) is 0 Å². The fraction of sp³-hybridized carbons (Fsp3) is 0.680. The standard InChI is InChI=1S/C25H33F7N2O6/c1-2-38-20(21(35)36)16-17-8-10-19(11-9-17)39-14-12-34(22(37)33-18-6-4-3-5-7-18)13-15-40-25(31,32)23(26,27)24(28,29)30/h8-11,18,20H,2-7,12-16H2,1H3,(H,33,37)(H,35,36). The molecule has 1 atom stereocenters. The highest BCUT2D eigenvalue weighted by Crippen LogP contribution is 2.46. The number of nitrogens with zero attached hydrogens (tertiary/aromatic N) is 1. The molecular weight excluding hydrogens is 557 g/mol. The molecule has 0 aliphatic heterocycles. The maximum Gasteiger partial charge on any atom is 0.462 e. The lowest BCUT2D eigenvalue weighted by atomic mass is 9.96. The van der Waals surface area contributed by atoms with E-state index in [1.807, 2.05) is 0 Å². The topological polar surface area (TPSA) is 97.3 Å². The first-order valence-electron chi connectivity index (χ1n) is 12.8. The second-order valence-electron chi connectivity index (χ2n) is 9.19. The smallest absolute Gasteiger partial charge is 0.462 e. The SMILES string of the molecule is CCOC(Cc1ccc(OCCN(CCOC(F)(F)C(F)(F)C(F)(F)F)C(=O)NC2CCCCC2)cc1)C(=O)O. The van der Waals surface area contributed by atoms with Crippen molar-refractivity contribution in [3.05, 3.63) is 29.8 Å². The number of amides is 2. The highest BCUT2D eigenvalue weighted by Gasteiger charge is 2.74. The second-order valence-corrected chi connectivity index (χ2v) is 9.19. The Morgan fingerprint density at radius 3 is 2.15 bits per heavy atom. The third-order valence-electron chi connectivity index (χ3n) is 6.20. The molecule has 1 aromatic carbocycles. The fourth-order valence-electron chi connectivity index (χ4n) is 4.00. The van der Waals surface area contributed by atoms with Gasteiger partial charge in [-0.05, 0) is 37.5 Å². The van der Waals surface area contributed by atoms with E-state index < -0.39 is 49.5 Å². The summed E-state index contributed by atoms with van der Waals surface area (Å²) in [5, 5.41) is 11.9. The zero-order valence-electron chi connectivity index (χ0n) is 21.8. The van der Waals surface area contributed by atoms with E-state index >= 15 is 0 Å². The number of hydrogen-bond donors (Lipinski definition) is 2. The highest BCUT2D eigenvalue weighted by molar-refractivity contribution is 5.74. The van der Waals surface area contributed by atoms with Crippen LogP contribution in [0.2, 0.25) is 0 Å². The van der Waals surface area contributed by atoms with Gasteiger partial charge in [-0.3, -0.25) is 0 Å². The fourth-order valence-corrected chi connectivity index (χ4v) is 4.00. The van der Waals surface area contributed by atoms with Crippen LogP contribution in [0.3, 0.4) is 0 Å². The van der Waals surface area contributed by atoms with Gasteiger partial charge in [-0.15, -0.1) is 0 Å². The maximum absolute atomic E-state index is 13.5. The number of halogens is 7. The van der Waals surface area contributed by atoms with Crippen molar-refractivity contribution in [1.29, 1.82) is 0 Å². The summed E-state index contributed by atoms with van der Waals surface area (Å²) in [7, 11) is 0. The molecule has 1 aliphatic carbocycles. The molecule has 0 radical (unpaired) electrons. The van der Waals surface area contributed by atoms with Crippen molar-refractivity contribution in [3.8, 4) is 5.75 Å². The van der Waals surface area contributed by atoms with Crippen molar-refractivity contribution in [2.75, 3.05) is 32.9 Å². The molecule has 0 bridgehead atoms. The summed E-state index contributed by atoms with van der Waals surface area (Å²) in [5.74, 6) is -7.21. The number of urea groups is 1. The maximum atomic E-state index is 13.5. The van der Waals surface area contributed by atoms with Gasteiger partial charge < -0.3 is 29.5 Å². The number of ether oxygens (including phenoxy) is 3. The molecule has 0 heterocycles. The van der Waals surface area contributed by atoms with Crippen LogP contribution in [0.5, 0.6) is 5.75 Å². The van der Waals surface area contributed by atoms with Crippen molar-refractivity contribution in [3.63, 3.8) is 0 Å². The number of aliphatic carboxylic acids is 1. The Bertz CT molecular complexity index is 941. The number of rotatable bonds is 15. The van der Waals surface area contributed by atoms with Crippen molar-refractivity contribution >= 4 is 12.0 Å². The summed E-state index contributed by atoms with van der Waals surface area (Å²) >= 11 is 0. The average Bonchev–Trinajstić information content (AvgIpc) is 2.88. The van der Waals surface area contributed by atoms with E-state index in [1.165, 1.54) is 12.1 Å². The van der Waals surface area contributed by atoms with Crippen molar-refractivity contribution < 1.29 is 59.6 Å². The molecule has 1 aliphatic rings. The van der Waals surface area contributed by atoms with E-state index in [0.717, 1.165) is 24.2 Å². The predicted octanol–water partition coefficient (Wildman–Crippen LogP) is 5.25. The minimum absolute atomic E-state index is 0.108. The lowest BCUT2D eigenvalue weighted by Gasteiger charge is -2.30. The number of benzene rings is 1. The van der Waals surface area contributed by atoms with Crippen LogP contribution in [0.15, 0.2) is 24.3 Å². The Hall–Kier alpha value is -2.81. The number of alkyl halides is 7. The van der Waals surface area contributed by atoms with Crippen LogP contribution < -0.4 is 10.1 Å². The summed E-state index contributed by atoms with van der Waals surface area (Å²) in [6.07, 6.45) is -9.21. The highest BCUT2D eigenvalue weighted by atomic mass is 19.4. The van der Waals surface area contributed by atoms with E-state index in [1.54, 1.807) is 19.1 Å². The summed E-state index contributed by atoms with van der Waals surface area (Å²) < 4.78 is 105. The van der Waals surface area contributed by atoms with Gasteiger partial charge in [-0.1, -0.05) is 31.4 Å². The van der Waals surface area contributed by atoms with Gasteiger partial charge in [0, 0.05) is 25.6 Å². The van der Waals surface area contributed by atoms with Gasteiger partial charge >= 0.3 is 30.2 Å². The van der Waals surface area contributed by atoms with E-state index in [-0.39, 0.29) is 32.2 Å². The first kappa shape index (κ1) is 33.4. The quantitative estimate of drug-likeness (QED) is 0.271. The Kier molecular flexibility index (Phi) is 12.3. The molecule has 228 valence electrons. The summed E-state index contributed by atoms with van der Waals surface area (Å²) in [6, 6.07) is 5.37. The second kappa shape index (κ2) is 14.7. The third-order valence-corrected chi connectivity index (χ3v) is 6.20. The van der Waals surface area contributed by atoms with Crippen molar-refractivity contribution in [2.45, 2.75) is 75.8 Å². The first-order chi connectivity index (χ1) is 18.7. The van der Waals surface area contributed by atoms with Crippen LogP contribution >= 0.6 is 0 Å². The van der Waals surface area contributed by atoms with E-state index in [0.29, 0.717) is 24.2 Å². The molecule has 1 aromatic rings. The molecule has 1 saturated carbocycles. The number of hydrogen-bond acceptors (Lipinski definition) is 5. The van der Waals surface area contributed by atoms with Crippen LogP contribution in [-0.4, -0.2) is 85.3 Å². The number of carbonyl (C=O) groups is 2. The summed E-state index contributed by atoms with van der Waals surface area (Å²) in [6.45, 7) is -0.522. The lowest BCUT2D eigenvalue weighted by Crippen LogP contribution is -2.54. The van der Waals surface area contributed by atoms with Gasteiger partial charge in [-0.25, -0.2) is 9.59 Å². The molecule has 0 aromatic heterocycles. The van der Waals surface area contributed by atoms with Gasteiger partial charge in [0.1, 0.15) is 12.4 Å². The minimum Gasteiger partial charge on any atom is -0.492 e. The normalized spacial score (nSPS) is 15.9. The van der Waals surface area contributed by atoms with Gasteiger partial charge in [0.15, 0.2) is 6.10 Å². The molecule has 8 nitrogen and oxygen atoms in total. The Balaban J connectivity index is 1.98. The molecule has 40 heavy (non-hydrogen) atoms. The van der Waals surface area contributed by atoms with Crippen molar-refractivity contribution in [1.82, 2.24) is 10.2 Å². The van der Waals surface area contributed by atoms with E-state index in [2.05, 4.69) is 10.1 Å². The first-order valence-corrected chi connectivity index (χ1v) is 12.8. The Morgan fingerprint density at radius 1 is 1.00 bits per heavy atom. The molecule has 2 amide bonds. The van der Waals surface area contributed by atoms with Crippen LogP contribution in [0.4, 0.5) is 35.5 Å². The molecule has 1 fully saturated rings. The van der Waals surface area contributed by atoms with E-state index in [9.17, 15) is 45.4 Å². The number of carboxylic acid groups (broad SMARTS) is 1. The van der Waals surface area contributed by atoms with Crippen molar-refractivity contribution in [2.24, 2.45) is 0 Å².